The maximum absolute atomic E-state index is 10.2. The van der Waals surface area contributed by atoms with E-state index in [4.69, 9.17) is 4.74 Å². The zero-order valence-corrected chi connectivity index (χ0v) is 12.6. The number of rotatable bonds is 8. The first-order valence-electron chi connectivity index (χ1n) is 7.08. The Bertz CT molecular complexity index is 348. The molecule has 0 aromatic heterocycles. The molecule has 3 nitrogen and oxygen atoms in total. The molecule has 0 saturated heterocycles. The van der Waals surface area contributed by atoms with Crippen molar-refractivity contribution in [3.8, 4) is 0 Å². The summed E-state index contributed by atoms with van der Waals surface area (Å²) in [6.45, 7) is 9.27. The largest absolute Gasteiger partial charge is 0.387 e. The standard InChI is InChI=1S/C16H27NO2/c1-5-19-11-10-17(4)12-16(18)15-8-6-14(7-9-15)13(2)3/h6-9,13,16,18H,5,10-12H2,1-4H3. The van der Waals surface area contributed by atoms with E-state index < -0.39 is 6.10 Å². The fourth-order valence-electron chi connectivity index (χ4n) is 1.96. The van der Waals surface area contributed by atoms with E-state index in [0.717, 1.165) is 18.7 Å². The summed E-state index contributed by atoms with van der Waals surface area (Å²) in [4.78, 5) is 2.09. The molecular formula is C16H27NO2. The zero-order chi connectivity index (χ0) is 14.3. The topological polar surface area (TPSA) is 32.7 Å². The average Bonchev–Trinajstić information content (AvgIpc) is 2.39. The molecule has 108 valence electrons. The normalized spacial score (nSPS) is 13.2. The van der Waals surface area contributed by atoms with Gasteiger partial charge in [0.05, 0.1) is 12.7 Å². The first-order chi connectivity index (χ1) is 9.04. The molecule has 0 radical (unpaired) electrons. The first kappa shape index (κ1) is 16.2. The molecule has 1 rings (SSSR count). The Morgan fingerprint density at radius 2 is 1.74 bits per heavy atom. The van der Waals surface area contributed by atoms with E-state index in [1.807, 2.05) is 26.1 Å². The fourth-order valence-corrected chi connectivity index (χ4v) is 1.96. The quantitative estimate of drug-likeness (QED) is 0.734. The predicted molar refractivity (Wildman–Crippen MR) is 79.5 cm³/mol. The summed E-state index contributed by atoms with van der Waals surface area (Å²) >= 11 is 0. The van der Waals surface area contributed by atoms with Crippen LogP contribution in [-0.4, -0.2) is 43.4 Å². The van der Waals surface area contributed by atoms with Crippen molar-refractivity contribution >= 4 is 0 Å². The number of aliphatic hydroxyl groups excluding tert-OH is 1. The number of hydrogen-bond acceptors (Lipinski definition) is 3. The van der Waals surface area contributed by atoms with Crippen molar-refractivity contribution in [1.29, 1.82) is 0 Å². The van der Waals surface area contributed by atoms with E-state index in [0.29, 0.717) is 19.1 Å². The molecule has 0 saturated carbocycles. The van der Waals surface area contributed by atoms with Crippen LogP contribution in [0, 0.1) is 0 Å². The van der Waals surface area contributed by atoms with Gasteiger partial charge in [-0.3, -0.25) is 0 Å². The van der Waals surface area contributed by atoms with Gasteiger partial charge in [0.15, 0.2) is 0 Å². The van der Waals surface area contributed by atoms with Crippen LogP contribution in [0.2, 0.25) is 0 Å². The highest BCUT2D eigenvalue weighted by molar-refractivity contribution is 5.26. The summed E-state index contributed by atoms with van der Waals surface area (Å²) in [5.74, 6) is 0.528. The summed E-state index contributed by atoms with van der Waals surface area (Å²) < 4.78 is 5.31. The molecule has 0 aliphatic rings. The van der Waals surface area contributed by atoms with Gasteiger partial charge >= 0.3 is 0 Å². The summed E-state index contributed by atoms with van der Waals surface area (Å²) in [7, 11) is 2.00. The second-order valence-corrected chi connectivity index (χ2v) is 5.30. The molecule has 3 heteroatoms. The Kier molecular flexibility index (Phi) is 7.06. The van der Waals surface area contributed by atoms with Crippen LogP contribution < -0.4 is 0 Å². The average molecular weight is 265 g/mol. The molecule has 1 unspecified atom stereocenters. The Balaban J connectivity index is 2.46. The van der Waals surface area contributed by atoms with Crippen molar-refractivity contribution in [3.63, 3.8) is 0 Å². The lowest BCUT2D eigenvalue weighted by Crippen LogP contribution is -2.28. The maximum Gasteiger partial charge on any atom is 0.0916 e. The van der Waals surface area contributed by atoms with Crippen molar-refractivity contribution in [2.45, 2.75) is 32.8 Å². The summed E-state index contributed by atoms with van der Waals surface area (Å²) in [6, 6.07) is 8.25. The van der Waals surface area contributed by atoms with Gasteiger partial charge in [-0.25, -0.2) is 0 Å². The Hall–Kier alpha value is -0.900. The van der Waals surface area contributed by atoms with Gasteiger partial charge in [0, 0.05) is 19.7 Å². The maximum atomic E-state index is 10.2. The lowest BCUT2D eigenvalue weighted by atomic mass is 10.00. The number of hydrogen-bond donors (Lipinski definition) is 1. The third kappa shape index (κ3) is 5.72. The lowest BCUT2D eigenvalue weighted by molar-refractivity contribution is 0.0891. The van der Waals surface area contributed by atoms with E-state index in [9.17, 15) is 5.11 Å². The second-order valence-electron chi connectivity index (χ2n) is 5.30. The number of benzene rings is 1. The van der Waals surface area contributed by atoms with Crippen LogP contribution in [0.4, 0.5) is 0 Å². The summed E-state index contributed by atoms with van der Waals surface area (Å²) in [6.07, 6.45) is -0.437. The molecule has 0 fully saturated rings. The fraction of sp³-hybridized carbons (Fsp3) is 0.625. The van der Waals surface area contributed by atoms with Crippen molar-refractivity contribution in [2.24, 2.45) is 0 Å². The third-order valence-corrected chi connectivity index (χ3v) is 3.29. The minimum atomic E-state index is -0.437. The van der Waals surface area contributed by atoms with Gasteiger partial charge in [-0.05, 0) is 31.0 Å². The van der Waals surface area contributed by atoms with Gasteiger partial charge < -0.3 is 14.7 Å². The highest BCUT2D eigenvalue weighted by Gasteiger charge is 2.11. The van der Waals surface area contributed by atoms with Crippen LogP contribution in [0.1, 0.15) is 43.9 Å². The highest BCUT2D eigenvalue weighted by atomic mass is 16.5. The zero-order valence-electron chi connectivity index (χ0n) is 12.6. The number of aliphatic hydroxyl groups is 1. The SMILES string of the molecule is CCOCCN(C)CC(O)c1ccc(C(C)C)cc1. The van der Waals surface area contributed by atoms with Crippen molar-refractivity contribution < 1.29 is 9.84 Å². The molecule has 1 atom stereocenters. The second kappa shape index (κ2) is 8.31. The Labute approximate surface area is 117 Å². The van der Waals surface area contributed by atoms with Gasteiger partial charge in [-0.15, -0.1) is 0 Å². The monoisotopic (exact) mass is 265 g/mol. The number of likely N-dealkylation sites (N-methyl/N-ethyl adjacent to an activating group) is 1. The molecule has 0 bridgehead atoms. The van der Waals surface area contributed by atoms with Crippen LogP contribution in [0.25, 0.3) is 0 Å². The van der Waals surface area contributed by atoms with Crippen molar-refractivity contribution in [2.75, 3.05) is 33.4 Å². The minimum absolute atomic E-state index is 0.437. The molecule has 1 aromatic carbocycles. The van der Waals surface area contributed by atoms with E-state index in [1.54, 1.807) is 0 Å². The van der Waals surface area contributed by atoms with Crippen LogP contribution in [-0.2, 0) is 4.74 Å². The van der Waals surface area contributed by atoms with Crippen LogP contribution >= 0.6 is 0 Å². The molecule has 0 aliphatic carbocycles. The van der Waals surface area contributed by atoms with Crippen molar-refractivity contribution in [1.82, 2.24) is 4.90 Å². The minimum Gasteiger partial charge on any atom is -0.387 e. The molecule has 0 heterocycles. The number of ether oxygens (including phenoxy) is 1. The molecule has 1 aromatic rings. The van der Waals surface area contributed by atoms with Gasteiger partial charge in [-0.2, -0.15) is 0 Å². The third-order valence-electron chi connectivity index (χ3n) is 3.29. The van der Waals surface area contributed by atoms with E-state index >= 15 is 0 Å². The van der Waals surface area contributed by atoms with Crippen LogP contribution in [0.15, 0.2) is 24.3 Å². The van der Waals surface area contributed by atoms with E-state index in [2.05, 4.69) is 30.9 Å². The lowest BCUT2D eigenvalue weighted by Gasteiger charge is -2.21. The summed E-state index contributed by atoms with van der Waals surface area (Å²) in [5, 5.41) is 10.2. The Morgan fingerprint density at radius 1 is 1.16 bits per heavy atom. The van der Waals surface area contributed by atoms with E-state index in [1.165, 1.54) is 5.56 Å². The van der Waals surface area contributed by atoms with E-state index in [-0.39, 0.29) is 0 Å². The van der Waals surface area contributed by atoms with Gasteiger partial charge in [0.25, 0.3) is 0 Å². The smallest absolute Gasteiger partial charge is 0.0916 e. The molecular weight excluding hydrogens is 238 g/mol. The van der Waals surface area contributed by atoms with Gasteiger partial charge in [0.2, 0.25) is 0 Å². The van der Waals surface area contributed by atoms with Crippen LogP contribution in [0.3, 0.4) is 0 Å². The molecule has 0 aliphatic heterocycles. The Morgan fingerprint density at radius 3 is 2.26 bits per heavy atom. The first-order valence-corrected chi connectivity index (χ1v) is 7.08. The highest BCUT2D eigenvalue weighted by Crippen LogP contribution is 2.19. The molecule has 0 amide bonds. The molecule has 19 heavy (non-hydrogen) atoms. The van der Waals surface area contributed by atoms with Crippen LogP contribution in [0.5, 0.6) is 0 Å². The van der Waals surface area contributed by atoms with Gasteiger partial charge in [0.1, 0.15) is 0 Å². The molecule has 1 N–H and O–H groups in total. The molecule has 0 spiro atoms. The number of nitrogens with zero attached hydrogens (tertiary/aromatic N) is 1. The predicted octanol–water partition coefficient (Wildman–Crippen LogP) is 2.81. The summed E-state index contributed by atoms with van der Waals surface area (Å²) in [5.41, 5.74) is 2.29. The van der Waals surface area contributed by atoms with Gasteiger partial charge in [-0.1, -0.05) is 38.1 Å². The van der Waals surface area contributed by atoms with Crippen molar-refractivity contribution in [3.05, 3.63) is 35.4 Å².